The lowest BCUT2D eigenvalue weighted by atomic mass is 9.90. The number of hydrogen-bond acceptors (Lipinski definition) is 6. The number of fused-ring (bicyclic) bond motifs is 9. The number of imidazole rings is 1. The fourth-order valence-electron chi connectivity index (χ4n) is 6.04. The van der Waals surface area contributed by atoms with Crippen LogP contribution in [0.4, 0.5) is 8.78 Å². The molecule has 2 aromatic carbocycles. The number of hydrogen-bond donors (Lipinski definition) is 1. The Balaban J connectivity index is 1.51. The minimum Gasteiger partial charge on any atom is -0.434 e. The van der Waals surface area contributed by atoms with Crippen LogP contribution >= 0.6 is 0 Å². The standard InChI is InChI=1S/C27H22F2N4O4S/c1-38(35,36)27(11-12-27)21-8-4-6-16(30-21)23-20(37-26(28)29)10-9-14-22(23)19-13-17(32-25(14)34)24-31-15-5-2-3-7-18(15)33(19)24/h2-10,17,19,26H,11-13H2,1H3,(H,32,34)/t17-,19-/m1/s1. The highest BCUT2D eigenvalue weighted by Gasteiger charge is 2.55. The minimum atomic E-state index is -3.46. The zero-order valence-corrected chi connectivity index (χ0v) is 21.0. The van der Waals surface area contributed by atoms with Crippen molar-refractivity contribution in [1.29, 1.82) is 0 Å². The number of sulfone groups is 1. The summed E-state index contributed by atoms with van der Waals surface area (Å²) in [6, 6.07) is 14.6. The Labute approximate surface area is 216 Å². The van der Waals surface area contributed by atoms with Gasteiger partial charge < -0.3 is 14.6 Å². The quantitative estimate of drug-likeness (QED) is 0.403. The molecule has 1 amide bonds. The van der Waals surface area contributed by atoms with E-state index in [-0.39, 0.29) is 29.0 Å². The first-order chi connectivity index (χ1) is 18.2. The zero-order chi connectivity index (χ0) is 26.4. The Bertz CT molecular complexity index is 1760. The van der Waals surface area contributed by atoms with E-state index in [0.717, 1.165) is 11.0 Å². The normalized spacial score (nSPS) is 21.1. The Morgan fingerprint density at radius 2 is 1.87 bits per heavy atom. The summed E-state index contributed by atoms with van der Waals surface area (Å²) in [5.41, 5.74) is 3.33. The number of carbonyl (C=O) groups is 1. The molecule has 2 atom stereocenters. The molecule has 2 bridgehead atoms. The number of nitrogens with one attached hydrogen (secondary N) is 1. The van der Waals surface area contributed by atoms with Crippen molar-refractivity contribution in [3.63, 3.8) is 0 Å². The van der Waals surface area contributed by atoms with Gasteiger partial charge in [0, 0.05) is 22.9 Å². The summed E-state index contributed by atoms with van der Waals surface area (Å²) in [6.07, 6.45) is 2.53. The summed E-state index contributed by atoms with van der Waals surface area (Å²) < 4.78 is 58.3. The molecule has 2 aliphatic heterocycles. The van der Waals surface area contributed by atoms with E-state index < -0.39 is 27.2 Å². The first kappa shape index (κ1) is 23.3. The lowest BCUT2D eigenvalue weighted by molar-refractivity contribution is -0.0495. The minimum absolute atomic E-state index is 0.128. The van der Waals surface area contributed by atoms with Crippen molar-refractivity contribution in [2.45, 2.75) is 42.7 Å². The van der Waals surface area contributed by atoms with Crippen molar-refractivity contribution in [2.24, 2.45) is 0 Å². The van der Waals surface area contributed by atoms with Crippen LogP contribution in [0.5, 0.6) is 5.75 Å². The highest BCUT2D eigenvalue weighted by Crippen LogP contribution is 2.53. The van der Waals surface area contributed by atoms with E-state index in [2.05, 4.69) is 5.32 Å². The van der Waals surface area contributed by atoms with E-state index in [0.29, 0.717) is 41.9 Å². The number of rotatable bonds is 5. The molecular formula is C27H22F2N4O4S. The first-order valence-electron chi connectivity index (χ1n) is 12.2. The average Bonchev–Trinajstić information content (AvgIpc) is 3.55. The van der Waals surface area contributed by atoms with Gasteiger partial charge in [0.1, 0.15) is 16.3 Å². The molecule has 0 radical (unpaired) electrons. The van der Waals surface area contributed by atoms with E-state index >= 15 is 0 Å². The second-order valence-corrected chi connectivity index (χ2v) is 12.4. The number of amides is 1. The van der Waals surface area contributed by atoms with Gasteiger partial charge in [-0.15, -0.1) is 0 Å². The molecule has 2 aromatic heterocycles. The molecular weight excluding hydrogens is 514 g/mol. The molecule has 8 nitrogen and oxygen atoms in total. The summed E-state index contributed by atoms with van der Waals surface area (Å²) in [4.78, 5) is 22.8. The number of carbonyl (C=O) groups excluding carboxylic acids is 1. The summed E-state index contributed by atoms with van der Waals surface area (Å²) in [5, 5.41) is 3.04. The topological polar surface area (TPSA) is 103 Å². The van der Waals surface area contributed by atoms with Crippen LogP contribution in [-0.4, -0.2) is 41.7 Å². The number of benzene rings is 2. The van der Waals surface area contributed by atoms with Gasteiger partial charge in [0.25, 0.3) is 5.91 Å². The van der Waals surface area contributed by atoms with Gasteiger partial charge in [-0.05, 0) is 55.7 Å². The molecule has 4 heterocycles. The van der Waals surface area contributed by atoms with Crippen molar-refractivity contribution in [3.8, 4) is 17.0 Å². The molecule has 1 N–H and O–H groups in total. The van der Waals surface area contributed by atoms with Crippen LogP contribution in [0.3, 0.4) is 0 Å². The van der Waals surface area contributed by atoms with Crippen molar-refractivity contribution in [3.05, 3.63) is 77.2 Å². The molecule has 1 aliphatic carbocycles. The largest absolute Gasteiger partial charge is 0.434 e. The van der Waals surface area contributed by atoms with Gasteiger partial charge in [-0.2, -0.15) is 8.78 Å². The van der Waals surface area contributed by atoms with Crippen LogP contribution in [-0.2, 0) is 14.6 Å². The Morgan fingerprint density at radius 3 is 2.61 bits per heavy atom. The summed E-state index contributed by atoms with van der Waals surface area (Å²) >= 11 is 0. The van der Waals surface area contributed by atoms with Crippen molar-refractivity contribution in [2.75, 3.05) is 6.26 Å². The number of pyridine rings is 1. The Kier molecular flexibility index (Phi) is 4.79. The van der Waals surface area contributed by atoms with E-state index in [4.69, 9.17) is 14.7 Å². The third kappa shape index (κ3) is 3.24. The van der Waals surface area contributed by atoms with E-state index in [1.807, 2.05) is 28.8 Å². The maximum Gasteiger partial charge on any atom is 0.387 e. The zero-order valence-electron chi connectivity index (χ0n) is 20.2. The lowest BCUT2D eigenvalue weighted by Gasteiger charge is -2.24. The van der Waals surface area contributed by atoms with Gasteiger partial charge >= 0.3 is 6.61 Å². The Morgan fingerprint density at radius 1 is 1.08 bits per heavy atom. The molecule has 194 valence electrons. The van der Waals surface area contributed by atoms with Gasteiger partial charge in [-0.1, -0.05) is 18.2 Å². The fourth-order valence-corrected chi connectivity index (χ4v) is 7.37. The fraction of sp³-hybridized carbons (Fsp3) is 0.296. The van der Waals surface area contributed by atoms with Crippen LogP contribution in [0.2, 0.25) is 0 Å². The monoisotopic (exact) mass is 536 g/mol. The smallest absolute Gasteiger partial charge is 0.387 e. The van der Waals surface area contributed by atoms with Gasteiger partial charge in [0.15, 0.2) is 9.84 Å². The number of alkyl halides is 2. The number of nitrogens with zero attached hydrogens (tertiary/aromatic N) is 3. The molecule has 0 saturated heterocycles. The SMILES string of the molecule is CS(=O)(=O)C1(c2cccc(-c3c(OC(F)F)ccc4c3[C@H]3C[C@@H](NC4=O)c4nc5ccccc5n43)n2)CC1. The van der Waals surface area contributed by atoms with Crippen LogP contribution in [0, 0.1) is 0 Å². The molecule has 1 saturated carbocycles. The third-order valence-corrected chi connectivity index (χ3v) is 9.93. The molecule has 3 aliphatic rings. The average molecular weight is 537 g/mol. The molecule has 38 heavy (non-hydrogen) atoms. The summed E-state index contributed by atoms with van der Waals surface area (Å²) in [7, 11) is -3.46. The second kappa shape index (κ2) is 7.83. The molecule has 0 spiro atoms. The number of ether oxygens (including phenoxy) is 1. The van der Waals surface area contributed by atoms with E-state index in [1.54, 1.807) is 18.2 Å². The maximum atomic E-state index is 13.6. The summed E-state index contributed by atoms with van der Waals surface area (Å²) in [6.45, 7) is -3.11. The number of halogens is 2. The van der Waals surface area contributed by atoms with Crippen LogP contribution in [0.25, 0.3) is 22.3 Å². The van der Waals surface area contributed by atoms with Gasteiger partial charge in [0.05, 0.1) is 34.5 Å². The van der Waals surface area contributed by atoms with E-state index in [1.165, 1.54) is 18.4 Å². The highest BCUT2D eigenvalue weighted by atomic mass is 32.2. The van der Waals surface area contributed by atoms with Gasteiger partial charge in [-0.25, -0.2) is 13.4 Å². The third-order valence-electron chi connectivity index (χ3n) is 7.90. The summed E-state index contributed by atoms with van der Waals surface area (Å²) in [5.74, 6) is 0.218. The maximum absolute atomic E-state index is 13.6. The lowest BCUT2D eigenvalue weighted by Crippen LogP contribution is -2.28. The molecule has 0 unspecified atom stereocenters. The molecule has 4 aromatic rings. The number of aromatic nitrogens is 3. The molecule has 11 heteroatoms. The van der Waals surface area contributed by atoms with Gasteiger partial charge in [-0.3, -0.25) is 9.78 Å². The van der Waals surface area contributed by atoms with E-state index in [9.17, 15) is 22.0 Å². The first-order valence-corrected chi connectivity index (χ1v) is 14.1. The molecule has 7 rings (SSSR count). The van der Waals surface area contributed by atoms with Crippen molar-refractivity contribution in [1.82, 2.24) is 19.9 Å². The molecule has 1 fully saturated rings. The highest BCUT2D eigenvalue weighted by molar-refractivity contribution is 7.91. The predicted octanol–water partition coefficient (Wildman–Crippen LogP) is 4.51. The van der Waals surface area contributed by atoms with Crippen LogP contribution in [0.1, 0.15) is 58.8 Å². The van der Waals surface area contributed by atoms with Gasteiger partial charge in [0.2, 0.25) is 0 Å². The number of para-hydroxylation sites is 2. The second-order valence-electron chi connectivity index (χ2n) is 10.1. The predicted molar refractivity (Wildman–Crippen MR) is 135 cm³/mol. The Hall–Kier alpha value is -3.86. The van der Waals surface area contributed by atoms with Crippen LogP contribution < -0.4 is 10.1 Å². The van der Waals surface area contributed by atoms with Crippen LogP contribution in [0.15, 0.2) is 54.6 Å². The van der Waals surface area contributed by atoms with Crippen molar-refractivity contribution < 1.29 is 26.7 Å². The van der Waals surface area contributed by atoms with Crippen molar-refractivity contribution >= 4 is 26.8 Å².